The van der Waals surface area contributed by atoms with Gasteiger partial charge in [0.1, 0.15) is 0 Å². The summed E-state index contributed by atoms with van der Waals surface area (Å²) in [5, 5.41) is 3.21. The Morgan fingerprint density at radius 3 is 2.52 bits per heavy atom. The third-order valence-corrected chi connectivity index (χ3v) is 5.47. The van der Waals surface area contributed by atoms with Crippen molar-refractivity contribution in [3.8, 4) is 0 Å². The van der Waals surface area contributed by atoms with E-state index in [-0.39, 0.29) is 11.7 Å². The Morgan fingerprint density at radius 2 is 1.81 bits per heavy atom. The normalized spacial score (nSPS) is 17.0. The first kappa shape index (κ1) is 19.3. The first-order chi connectivity index (χ1) is 13.0. The number of ketones is 1. The van der Waals surface area contributed by atoms with E-state index in [1.54, 1.807) is 12.1 Å². The fraction of sp³-hybridized carbons (Fsp3) is 0.391. The van der Waals surface area contributed by atoms with Gasteiger partial charge in [0.2, 0.25) is 0 Å². The molecular weight excluding hydrogens is 336 g/mol. The van der Waals surface area contributed by atoms with E-state index in [9.17, 15) is 9.59 Å². The van der Waals surface area contributed by atoms with Crippen LogP contribution in [0.2, 0.25) is 0 Å². The molecule has 1 saturated heterocycles. The number of carbonyl (C=O) groups is 2. The lowest BCUT2D eigenvalue weighted by molar-refractivity contribution is 0.0671. The van der Waals surface area contributed by atoms with E-state index < -0.39 is 0 Å². The minimum atomic E-state index is -0.0918. The van der Waals surface area contributed by atoms with E-state index in [2.05, 4.69) is 5.32 Å². The number of rotatable bonds is 5. The number of piperidine rings is 1. The lowest BCUT2D eigenvalue weighted by Crippen LogP contribution is -2.42. The second kappa shape index (κ2) is 8.49. The average molecular weight is 364 g/mol. The zero-order valence-electron chi connectivity index (χ0n) is 16.4. The Balaban J connectivity index is 1.88. The van der Waals surface area contributed by atoms with Gasteiger partial charge in [-0.3, -0.25) is 9.59 Å². The molecule has 0 aliphatic carbocycles. The van der Waals surface area contributed by atoms with E-state index in [1.165, 1.54) is 0 Å². The Morgan fingerprint density at radius 1 is 1.07 bits per heavy atom. The molecule has 0 spiro atoms. The predicted molar refractivity (Wildman–Crippen MR) is 108 cm³/mol. The van der Waals surface area contributed by atoms with Gasteiger partial charge >= 0.3 is 0 Å². The van der Waals surface area contributed by atoms with Gasteiger partial charge in [-0.1, -0.05) is 30.3 Å². The molecule has 3 rings (SSSR count). The number of hydrogen-bond acceptors (Lipinski definition) is 3. The minimum Gasteiger partial charge on any atom is -0.338 e. The van der Waals surface area contributed by atoms with Gasteiger partial charge in [-0.15, -0.1) is 0 Å². The van der Waals surface area contributed by atoms with Crippen LogP contribution in [-0.2, 0) is 0 Å². The van der Waals surface area contributed by atoms with Gasteiger partial charge in [0.05, 0.1) is 5.56 Å². The predicted octanol–water partition coefficient (Wildman–Crippen LogP) is 3.61. The Labute approximate surface area is 161 Å². The summed E-state index contributed by atoms with van der Waals surface area (Å²) < 4.78 is 0. The van der Waals surface area contributed by atoms with Crippen molar-refractivity contribution in [1.82, 2.24) is 10.2 Å². The maximum absolute atomic E-state index is 13.2. The van der Waals surface area contributed by atoms with Crippen LogP contribution < -0.4 is 5.32 Å². The summed E-state index contributed by atoms with van der Waals surface area (Å²) >= 11 is 0. The van der Waals surface area contributed by atoms with Crippen molar-refractivity contribution in [3.05, 3.63) is 70.3 Å². The number of amides is 1. The van der Waals surface area contributed by atoms with Gasteiger partial charge in [-0.05, 0) is 69.5 Å². The van der Waals surface area contributed by atoms with Crippen LogP contribution in [0.3, 0.4) is 0 Å². The van der Waals surface area contributed by atoms with Crippen LogP contribution in [0, 0.1) is 19.8 Å². The lowest BCUT2D eigenvalue weighted by atomic mass is 9.94. The molecule has 142 valence electrons. The van der Waals surface area contributed by atoms with Crippen LogP contribution >= 0.6 is 0 Å². The topological polar surface area (TPSA) is 49.4 Å². The molecule has 0 saturated carbocycles. The average Bonchev–Trinajstić information content (AvgIpc) is 2.69. The zero-order chi connectivity index (χ0) is 19.4. The van der Waals surface area contributed by atoms with Gasteiger partial charge < -0.3 is 10.2 Å². The highest BCUT2D eigenvalue weighted by Gasteiger charge is 2.27. The molecule has 1 aliphatic heterocycles. The zero-order valence-corrected chi connectivity index (χ0v) is 16.4. The van der Waals surface area contributed by atoms with Crippen molar-refractivity contribution in [1.29, 1.82) is 0 Å². The molecule has 1 amide bonds. The van der Waals surface area contributed by atoms with Crippen LogP contribution in [-0.4, -0.2) is 43.3 Å². The lowest BCUT2D eigenvalue weighted by Gasteiger charge is -2.33. The highest BCUT2D eigenvalue weighted by Crippen LogP contribution is 2.22. The molecule has 1 heterocycles. The summed E-state index contributed by atoms with van der Waals surface area (Å²) in [7, 11) is 1.94. The molecule has 4 heteroatoms. The number of likely N-dealkylation sites (tertiary alicyclic amines) is 1. The monoisotopic (exact) mass is 364 g/mol. The molecule has 0 bridgehead atoms. The van der Waals surface area contributed by atoms with Crippen molar-refractivity contribution >= 4 is 11.7 Å². The van der Waals surface area contributed by atoms with Crippen molar-refractivity contribution in [2.24, 2.45) is 5.92 Å². The van der Waals surface area contributed by atoms with Crippen molar-refractivity contribution < 1.29 is 9.59 Å². The highest BCUT2D eigenvalue weighted by atomic mass is 16.2. The van der Waals surface area contributed by atoms with Crippen molar-refractivity contribution in [2.45, 2.75) is 26.7 Å². The fourth-order valence-electron chi connectivity index (χ4n) is 3.78. The molecule has 2 aromatic rings. The second-order valence-corrected chi connectivity index (χ2v) is 7.49. The van der Waals surface area contributed by atoms with Gasteiger partial charge in [-0.25, -0.2) is 0 Å². The van der Waals surface area contributed by atoms with Gasteiger partial charge in [0.25, 0.3) is 5.91 Å². The molecule has 27 heavy (non-hydrogen) atoms. The molecule has 1 fully saturated rings. The standard InChI is InChI=1S/C23H28N2O2/c1-16-10-11-19(13-17(16)2)22(26)20-8-4-5-9-21(20)23(27)25-12-6-7-18(15-25)14-24-3/h4-5,8-11,13,18,24H,6-7,12,14-15H2,1-3H3. The van der Waals surface area contributed by atoms with Crippen molar-refractivity contribution in [2.75, 3.05) is 26.7 Å². The number of hydrogen-bond donors (Lipinski definition) is 1. The molecule has 1 N–H and O–H groups in total. The summed E-state index contributed by atoms with van der Waals surface area (Å²) in [6.07, 6.45) is 2.14. The molecule has 0 aromatic heterocycles. The smallest absolute Gasteiger partial charge is 0.254 e. The molecule has 1 atom stereocenters. The first-order valence-electron chi connectivity index (χ1n) is 9.66. The van der Waals surface area contributed by atoms with Crippen LogP contribution in [0.5, 0.6) is 0 Å². The number of nitrogens with zero attached hydrogens (tertiary/aromatic N) is 1. The summed E-state index contributed by atoms with van der Waals surface area (Å²) in [6.45, 7) is 6.43. The van der Waals surface area contributed by atoms with Gasteiger partial charge in [0, 0.05) is 24.2 Å². The summed E-state index contributed by atoms with van der Waals surface area (Å²) in [5.74, 6) is 0.338. The van der Waals surface area contributed by atoms with E-state index in [1.807, 2.05) is 56.1 Å². The summed E-state index contributed by atoms with van der Waals surface area (Å²) in [4.78, 5) is 28.2. The van der Waals surface area contributed by atoms with Crippen LogP contribution in [0.1, 0.15) is 50.2 Å². The highest BCUT2D eigenvalue weighted by molar-refractivity contribution is 6.15. The maximum Gasteiger partial charge on any atom is 0.254 e. The van der Waals surface area contributed by atoms with E-state index in [4.69, 9.17) is 0 Å². The third-order valence-electron chi connectivity index (χ3n) is 5.47. The Bertz CT molecular complexity index is 842. The molecule has 1 aliphatic rings. The third kappa shape index (κ3) is 4.28. The molecule has 2 aromatic carbocycles. The van der Waals surface area contributed by atoms with Crippen LogP contribution in [0.15, 0.2) is 42.5 Å². The minimum absolute atomic E-state index is 0.0383. The Hall–Kier alpha value is -2.46. The van der Waals surface area contributed by atoms with Crippen LogP contribution in [0.25, 0.3) is 0 Å². The number of carbonyl (C=O) groups excluding carboxylic acids is 2. The van der Waals surface area contributed by atoms with Gasteiger partial charge in [-0.2, -0.15) is 0 Å². The number of aryl methyl sites for hydroxylation is 2. The van der Waals surface area contributed by atoms with Gasteiger partial charge in [0.15, 0.2) is 5.78 Å². The summed E-state index contributed by atoms with van der Waals surface area (Å²) in [6, 6.07) is 12.9. The fourth-order valence-corrected chi connectivity index (χ4v) is 3.78. The second-order valence-electron chi connectivity index (χ2n) is 7.49. The van der Waals surface area contributed by atoms with E-state index >= 15 is 0 Å². The molecule has 1 unspecified atom stereocenters. The quantitative estimate of drug-likeness (QED) is 0.825. The largest absolute Gasteiger partial charge is 0.338 e. The molecule has 4 nitrogen and oxygen atoms in total. The SMILES string of the molecule is CNCC1CCCN(C(=O)c2ccccc2C(=O)c2ccc(C)c(C)c2)C1. The summed E-state index contributed by atoms with van der Waals surface area (Å²) in [5.41, 5.74) is 3.85. The first-order valence-corrected chi connectivity index (χ1v) is 9.66. The number of benzene rings is 2. The number of nitrogens with one attached hydrogen (secondary N) is 1. The van der Waals surface area contributed by atoms with E-state index in [0.717, 1.165) is 43.6 Å². The maximum atomic E-state index is 13.2. The van der Waals surface area contributed by atoms with Crippen molar-refractivity contribution in [3.63, 3.8) is 0 Å². The molecular formula is C23H28N2O2. The molecule has 0 radical (unpaired) electrons. The van der Waals surface area contributed by atoms with Crippen LogP contribution in [0.4, 0.5) is 0 Å². The van der Waals surface area contributed by atoms with E-state index in [0.29, 0.717) is 22.6 Å². The Kier molecular flexibility index (Phi) is 6.07.